The largest absolute Gasteiger partial charge is 0.336 e. The Morgan fingerprint density at radius 1 is 1.54 bits per heavy atom. The van der Waals surface area contributed by atoms with Crippen LogP contribution in [0.5, 0.6) is 0 Å². The molecule has 72 valence electrons. The summed E-state index contributed by atoms with van der Waals surface area (Å²) in [5.74, 6) is 0.584. The molecule has 0 atom stereocenters. The van der Waals surface area contributed by atoms with E-state index in [-0.39, 0.29) is 0 Å². The zero-order valence-electron chi connectivity index (χ0n) is 7.76. The summed E-state index contributed by atoms with van der Waals surface area (Å²) < 4.78 is 2.04. The Balaban J connectivity index is 2.22. The molecule has 0 aliphatic carbocycles. The first kappa shape index (κ1) is 9.03. The number of halogens is 1. The Kier molecular flexibility index (Phi) is 2.56. The molecule has 1 aromatic rings. The van der Waals surface area contributed by atoms with Crippen LogP contribution in [0.2, 0.25) is 5.15 Å². The lowest BCUT2D eigenvalue weighted by Gasteiger charge is -2.23. The first-order valence-corrected chi connectivity index (χ1v) is 5.04. The van der Waals surface area contributed by atoms with Gasteiger partial charge in [-0.2, -0.15) is 0 Å². The van der Waals surface area contributed by atoms with Crippen LogP contribution < -0.4 is 5.32 Å². The molecule has 1 N–H and O–H groups in total. The average Bonchev–Trinajstić information content (AvgIpc) is 2.48. The van der Waals surface area contributed by atoms with Gasteiger partial charge in [-0.05, 0) is 25.9 Å². The molecule has 2 heterocycles. The molecule has 1 fully saturated rings. The van der Waals surface area contributed by atoms with Crippen molar-refractivity contribution >= 4 is 11.6 Å². The predicted molar refractivity (Wildman–Crippen MR) is 53.1 cm³/mol. The molecule has 0 saturated carbocycles. The van der Waals surface area contributed by atoms with Crippen molar-refractivity contribution in [3.8, 4) is 0 Å². The molecular weight excluding hydrogens is 186 g/mol. The molecule has 0 unspecified atom stereocenters. The minimum Gasteiger partial charge on any atom is -0.336 e. The second-order valence-electron chi connectivity index (χ2n) is 3.56. The van der Waals surface area contributed by atoms with Crippen molar-refractivity contribution in [1.29, 1.82) is 0 Å². The average molecular weight is 200 g/mol. The summed E-state index contributed by atoms with van der Waals surface area (Å²) >= 11 is 6.03. The molecule has 3 nitrogen and oxygen atoms in total. The van der Waals surface area contributed by atoms with Crippen LogP contribution in [-0.4, -0.2) is 22.6 Å². The van der Waals surface area contributed by atoms with Crippen molar-refractivity contribution in [3.63, 3.8) is 0 Å². The van der Waals surface area contributed by atoms with E-state index in [4.69, 9.17) is 11.6 Å². The molecule has 0 radical (unpaired) electrons. The highest BCUT2D eigenvalue weighted by atomic mass is 35.5. The van der Waals surface area contributed by atoms with Crippen LogP contribution in [0.3, 0.4) is 0 Å². The first-order valence-electron chi connectivity index (χ1n) is 4.66. The molecule has 1 saturated heterocycles. The molecular formula is C9H14ClN3. The minimum atomic E-state index is 0.584. The third-order valence-corrected chi connectivity index (χ3v) is 2.95. The number of piperidine rings is 1. The highest BCUT2D eigenvalue weighted by Crippen LogP contribution is 2.29. The SMILES string of the molecule is Cn1cnc(Cl)c1C1CCNCC1. The highest BCUT2D eigenvalue weighted by Gasteiger charge is 2.20. The van der Waals surface area contributed by atoms with Gasteiger partial charge in [0.2, 0.25) is 0 Å². The van der Waals surface area contributed by atoms with Gasteiger partial charge in [-0.3, -0.25) is 0 Å². The van der Waals surface area contributed by atoms with Gasteiger partial charge in [0.05, 0.1) is 12.0 Å². The zero-order valence-corrected chi connectivity index (χ0v) is 8.51. The molecule has 0 bridgehead atoms. The summed E-state index contributed by atoms with van der Waals surface area (Å²) in [4.78, 5) is 4.10. The number of hydrogen-bond donors (Lipinski definition) is 1. The summed E-state index contributed by atoms with van der Waals surface area (Å²) in [6, 6.07) is 0. The second kappa shape index (κ2) is 3.68. The fourth-order valence-electron chi connectivity index (χ4n) is 1.96. The Hall–Kier alpha value is -0.540. The van der Waals surface area contributed by atoms with Gasteiger partial charge >= 0.3 is 0 Å². The Labute approximate surface area is 83.1 Å². The van der Waals surface area contributed by atoms with Crippen molar-refractivity contribution in [2.75, 3.05) is 13.1 Å². The molecule has 1 aromatic heterocycles. The van der Waals surface area contributed by atoms with Gasteiger partial charge in [-0.1, -0.05) is 11.6 Å². The van der Waals surface area contributed by atoms with Crippen molar-refractivity contribution in [3.05, 3.63) is 17.2 Å². The lowest BCUT2D eigenvalue weighted by Crippen LogP contribution is -2.27. The maximum Gasteiger partial charge on any atom is 0.150 e. The molecule has 0 amide bonds. The minimum absolute atomic E-state index is 0.584. The molecule has 1 aliphatic heterocycles. The lowest BCUT2D eigenvalue weighted by atomic mass is 9.95. The van der Waals surface area contributed by atoms with Crippen LogP contribution in [0.15, 0.2) is 6.33 Å². The van der Waals surface area contributed by atoms with Crippen molar-refractivity contribution < 1.29 is 0 Å². The van der Waals surface area contributed by atoms with E-state index < -0.39 is 0 Å². The maximum absolute atomic E-state index is 6.03. The number of nitrogens with zero attached hydrogens (tertiary/aromatic N) is 2. The van der Waals surface area contributed by atoms with Gasteiger partial charge in [-0.25, -0.2) is 4.98 Å². The predicted octanol–water partition coefficient (Wildman–Crippen LogP) is 1.54. The Morgan fingerprint density at radius 2 is 2.23 bits per heavy atom. The van der Waals surface area contributed by atoms with E-state index in [1.54, 1.807) is 6.33 Å². The Morgan fingerprint density at radius 3 is 2.77 bits per heavy atom. The molecule has 0 aromatic carbocycles. The van der Waals surface area contributed by atoms with Gasteiger partial charge < -0.3 is 9.88 Å². The molecule has 0 spiro atoms. The van der Waals surface area contributed by atoms with Crippen LogP contribution >= 0.6 is 11.6 Å². The van der Waals surface area contributed by atoms with Crippen LogP contribution in [-0.2, 0) is 7.05 Å². The Bertz CT molecular complexity index is 270. The number of nitrogens with one attached hydrogen (secondary N) is 1. The topological polar surface area (TPSA) is 29.9 Å². The van der Waals surface area contributed by atoms with E-state index in [9.17, 15) is 0 Å². The fraction of sp³-hybridized carbons (Fsp3) is 0.667. The van der Waals surface area contributed by atoms with Crippen molar-refractivity contribution in [2.45, 2.75) is 18.8 Å². The third-order valence-electron chi connectivity index (χ3n) is 2.66. The summed E-state index contributed by atoms with van der Waals surface area (Å²) in [5.41, 5.74) is 1.20. The molecule has 1 aliphatic rings. The second-order valence-corrected chi connectivity index (χ2v) is 3.91. The van der Waals surface area contributed by atoms with E-state index in [0.717, 1.165) is 13.1 Å². The van der Waals surface area contributed by atoms with Gasteiger partial charge in [-0.15, -0.1) is 0 Å². The fourth-order valence-corrected chi connectivity index (χ4v) is 2.29. The van der Waals surface area contributed by atoms with Gasteiger partial charge in [0.15, 0.2) is 5.15 Å². The smallest absolute Gasteiger partial charge is 0.150 e. The number of hydrogen-bond acceptors (Lipinski definition) is 2. The van der Waals surface area contributed by atoms with E-state index in [1.807, 2.05) is 11.6 Å². The van der Waals surface area contributed by atoms with Gasteiger partial charge in [0, 0.05) is 13.0 Å². The van der Waals surface area contributed by atoms with E-state index >= 15 is 0 Å². The molecule has 2 rings (SSSR count). The lowest BCUT2D eigenvalue weighted by molar-refractivity contribution is 0.445. The number of aromatic nitrogens is 2. The highest BCUT2D eigenvalue weighted by molar-refractivity contribution is 6.30. The molecule has 4 heteroatoms. The summed E-state index contributed by atoms with van der Waals surface area (Å²) in [6.07, 6.45) is 4.12. The quantitative estimate of drug-likeness (QED) is 0.744. The van der Waals surface area contributed by atoms with E-state index in [1.165, 1.54) is 18.5 Å². The molecule has 13 heavy (non-hydrogen) atoms. The normalized spacial score (nSPS) is 19.2. The zero-order chi connectivity index (χ0) is 9.26. The maximum atomic E-state index is 6.03. The number of rotatable bonds is 1. The summed E-state index contributed by atoms with van der Waals surface area (Å²) in [6.45, 7) is 2.18. The standard InChI is InChI=1S/C9H14ClN3/c1-13-6-12-9(10)8(13)7-2-4-11-5-3-7/h6-7,11H,2-5H2,1H3. The van der Waals surface area contributed by atoms with Crippen LogP contribution in [0, 0.1) is 0 Å². The van der Waals surface area contributed by atoms with E-state index in [2.05, 4.69) is 10.3 Å². The monoisotopic (exact) mass is 199 g/mol. The van der Waals surface area contributed by atoms with Crippen LogP contribution in [0.25, 0.3) is 0 Å². The van der Waals surface area contributed by atoms with Gasteiger partial charge in [0.1, 0.15) is 0 Å². The van der Waals surface area contributed by atoms with Crippen LogP contribution in [0.4, 0.5) is 0 Å². The first-order chi connectivity index (χ1) is 6.29. The summed E-state index contributed by atoms with van der Waals surface area (Å²) in [7, 11) is 2.01. The van der Waals surface area contributed by atoms with Crippen molar-refractivity contribution in [1.82, 2.24) is 14.9 Å². The third kappa shape index (κ3) is 1.71. The van der Waals surface area contributed by atoms with E-state index in [0.29, 0.717) is 11.1 Å². The van der Waals surface area contributed by atoms with Gasteiger partial charge in [0.25, 0.3) is 0 Å². The number of aryl methyl sites for hydroxylation is 1. The number of imidazole rings is 1. The van der Waals surface area contributed by atoms with Crippen molar-refractivity contribution in [2.24, 2.45) is 7.05 Å². The van der Waals surface area contributed by atoms with Crippen LogP contribution in [0.1, 0.15) is 24.5 Å². The summed E-state index contributed by atoms with van der Waals surface area (Å²) in [5, 5.41) is 4.02.